The summed E-state index contributed by atoms with van der Waals surface area (Å²) in [6, 6.07) is 11.1. The van der Waals surface area contributed by atoms with Crippen molar-refractivity contribution in [2.45, 2.75) is 26.4 Å². The zero-order valence-corrected chi connectivity index (χ0v) is 13.9. The van der Waals surface area contributed by atoms with Crippen molar-refractivity contribution in [3.63, 3.8) is 0 Å². The van der Waals surface area contributed by atoms with Crippen LogP contribution in [0.15, 0.2) is 47.3 Å². The number of rotatable bonds is 4. The smallest absolute Gasteiger partial charge is 0.278 e. The van der Waals surface area contributed by atoms with Crippen molar-refractivity contribution in [1.29, 1.82) is 0 Å². The van der Waals surface area contributed by atoms with E-state index in [1.807, 2.05) is 0 Å². The van der Waals surface area contributed by atoms with Gasteiger partial charge in [-0.25, -0.2) is 9.07 Å². The van der Waals surface area contributed by atoms with Crippen molar-refractivity contribution in [3.8, 4) is 0 Å². The monoisotopic (exact) mass is 340 g/mol. The van der Waals surface area contributed by atoms with Gasteiger partial charge in [0.15, 0.2) is 0 Å². The Morgan fingerprint density at radius 2 is 2.04 bits per heavy atom. The summed E-state index contributed by atoms with van der Waals surface area (Å²) in [7, 11) is 0. The van der Waals surface area contributed by atoms with Crippen LogP contribution >= 0.6 is 0 Å². The molecule has 1 aromatic heterocycles. The molecule has 6 nitrogen and oxygen atoms in total. The van der Waals surface area contributed by atoms with E-state index in [0.29, 0.717) is 16.5 Å². The predicted octanol–water partition coefficient (Wildman–Crippen LogP) is 2.12. The van der Waals surface area contributed by atoms with Crippen molar-refractivity contribution >= 4 is 16.8 Å². The summed E-state index contributed by atoms with van der Waals surface area (Å²) in [6.45, 7) is 3.19. The number of fused-ring (bicyclic) bond motifs is 1. The van der Waals surface area contributed by atoms with Crippen LogP contribution < -0.4 is 10.9 Å². The van der Waals surface area contributed by atoms with E-state index in [9.17, 15) is 14.0 Å². The van der Waals surface area contributed by atoms with Crippen LogP contribution in [-0.4, -0.2) is 20.9 Å². The lowest BCUT2D eigenvalue weighted by molar-refractivity contribution is -0.122. The van der Waals surface area contributed by atoms with E-state index in [0.717, 1.165) is 10.2 Å². The zero-order chi connectivity index (χ0) is 18.0. The Morgan fingerprint density at radius 1 is 1.28 bits per heavy atom. The second-order valence-electron chi connectivity index (χ2n) is 5.88. The molecule has 0 saturated heterocycles. The average molecular weight is 340 g/mol. The molecule has 0 aliphatic heterocycles. The van der Waals surface area contributed by atoms with Gasteiger partial charge in [0.1, 0.15) is 17.9 Å². The van der Waals surface area contributed by atoms with E-state index in [2.05, 4.69) is 15.6 Å². The fraction of sp³-hybridized carbons (Fsp3) is 0.222. The molecular weight excluding hydrogens is 323 g/mol. The number of aromatic nitrogens is 3. The quantitative estimate of drug-likeness (QED) is 0.789. The molecule has 1 N–H and O–H groups in total. The van der Waals surface area contributed by atoms with Crippen molar-refractivity contribution in [2.75, 3.05) is 0 Å². The number of benzene rings is 2. The van der Waals surface area contributed by atoms with Gasteiger partial charge in [0, 0.05) is 5.56 Å². The lowest BCUT2D eigenvalue weighted by Crippen LogP contribution is -2.35. The van der Waals surface area contributed by atoms with E-state index < -0.39 is 17.5 Å². The normalized spacial score (nSPS) is 12.1. The summed E-state index contributed by atoms with van der Waals surface area (Å²) < 4.78 is 15.0. The second-order valence-corrected chi connectivity index (χ2v) is 5.88. The van der Waals surface area contributed by atoms with Crippen LogP contribution in [0.2, 0.25) is 0 Å². The molecule has 0 aliphatic rings. The van der Waals surface area contributed by atoms with Crippen LogP contribution in [0.25, 0.3) is 10.9 Å². The molecule has 0 unspecified atom stereocenters. The maximum absolute atomic E-state index is 14.0. The third-order valence-corrected chi connectivity index (χ3v) is 3.92. The minimum Gasteiger partial charge on any atom is -0.348 e. The number of carbonyl (C=O) groups excluding carboxylic acids is 1. The van der Waals surface area contributed by atoms with E-state index in [-0.39, 0.29) is 12.4 Å². The van der Waals surface area contributed by atoms with E-state index >= 15 is 0 Å². The van der Waals surface area contributed by atoms with E-state index in [1.54, 1.807) is 50.2 Å². The van der Waals surface area contributed by atoms with Crippen LogP contribution in [0, 0.1) is 12.7 Å². The molecule has 3 aromatic rings. The number of hydrogen-bond acceptors (Lipinski definition) is 4. The van der Waals surface area contributed by atoms with Gasteiger partial charge in [0.2, 0.25) is 5.91 Å². The van der Waals surface area contributed by atoms with E-state index in [1.165, 1.54) is 6.07 Å². The molecular formula is C18H17FN4O2. The van der Waals surface area contributed by atoms with Gasteiger partial charge in [0.05, 0.1) is 11.4 Å². The van der Waals surface area contributed by atoms with Crippen LogP contribution in [-0.2, 0) is 11.3 Å². The van der Waals surface area contributed by atoms with Crippen molar-refractivity contribution < 1.29 is 9.18 Å². The number of carbonyl (C=O) groups is 1. The first kappa shape index (κ1) is 16.8. The molecule has 0 radical (unpaired) electrons. The predicted molar refractivity (Wildman–Crippen MR) is 91.5 cm³/mol. The van der Waals surface area contributed by atoms with Crippen molar-refractivity contribution in [1.82, 2.24) is 20.3 Å². The number of halogens is 1. The molecule has 0 fully saturated rings. The third-order valence-electron chi connectivity index (χ3n) is 3.92. The molecule has 2 aromatic carbocycles. The van der Waals surface area contributed by atoms with Crippen molar-refractivity contribution in [3.05, 3.63) is 69.8 Å². The molecule has 1 amide bonds. The first-order chi connectivity index (χ1) is 12.0. The number of amides is 1. The topological polar surface area (TPSA) is 76.9 Å². The molecule has 25 heavy (non-hydrogen) atoms. The first-order valence-electron chi connectivity index (χ1n) is 7.83. The first-order valence-corrected chi connectivity index (χ1v) is 7.83. The Bertz CT molecular complexity index is 1000. The molecule has 0 saturated carbocycles. The summed E-state index contributed by atoms with van der Waals surface area (Å²) >= 11 is 0. The Kier molecular flexibility index (Phi) is 4.56. The summed E-state index contributed by atoms with van der Waals surface area (Å²) in [4.78, 5) is 24.5. The second kappa shape index (κ2) is 6.80. The van der Waals surface area contributed by atoms with E-state index in [4.69, 9.17) is 0 Å². The van der Waals surface area contributed by atoms with Gasteiger partial charge in [-0.15, -0.1) is 5.10 Å². The number of hydrogen-bond donors (Lipinski definition) is 1. The van der Waals surface area contributed by atoms with Crippen LogP contribution in [0.5, 0.6) is 0 Å². The van der Waals surface area contributed by atoms with Crippen LogP contribution in [0.1, 0.15) is 24.1 Å². The highest BCUT2D eigenvalue weighted by atomic mass is 19.1. The summed E-state index contributed by atoms with van der Waals surface area (Å²) in [5.41, 5.74) is 1.27. The highest BCUT2D eigenvalue weighted by Gasteiger charge is 2.15. The van der Waals surface area contributed by atoms with Gasteiger partial charge in [-0.3, -0.25) is 9.59 Å². The van der Waals surface area contributed by atoms with Gasteiger partial charge >= 0.3 is 0 Å². The Hall–Kier alpha value is -3.09. The maximum Gasteiger partial charge on any atom is 0.278 e. The minimum atomic E-state index is -0.530. The van der Waals surface area contributed by atoms with Gasteiger partial charge in [0.25, 0.3) is 5.56 Å². The summed E-state index contributed by atoms with van der Waals surface area (Å²) in [5, 5.41) is 10.8. The molecule has 128 valence electrons. The Labute approximate surface area is 143 Å². The van der Waals surface area contributed by atoms with Crippen molar-refractivity contribution in [2.24, 2.45) is 0 Å². The molecule has 0 bridgehead atoms. The largest absolute Gasteiger partial charge is 0.348 e. The maximum atomic E-state index is 14.0. The standard InChI is InChI=1S/C18H17FN4O2/c1-11-7-8-13(15(19)9-11)12(2)20-17(24)10-23-18(25)14-5-3-4-6-16(14)21-22-23/h3-9,12H,10H2,1-2H3,(H,20,24)/t12-/m0/s1. The van der Waals surface area contributed by atoms with Gasteiger partial charge < -0.3 is 5.32 Å². The summed E-state index contributed by atoms with van der Waals surface area (Å²) in [6.07, 6.45) is 0. The summed E-state index contributed by atoms with van der Waals surface area (Å²) in [5.74, 6) is -0.824. The Morgan fingerprint density at radius 3 is 2.80 bits per heavy atom. The fourth-order valence-electron chi connectivity index (χ4n) is 2.61. The Balaban J connectivity index is 1.76. The van der Waals surface area contributed by atoms with Gasteiger partial charge in [-0.2, -0.15) is 0 Å². The SMILES string of the molecule is Cc1ccc([C@H](C)NC(=O)Cn2nnc3ccccc3c2=O)c(F)c1. The molecule has 1 atom stereocenters. The molecule has 0 spiro atoms. The van der Waals surface area contributed by atoms with Crippen LogP contribution in [0.3, 0.4) is 0 Å². The number of aryl methyl sites for hydroxylation is 1. The van der Waals surface area contributed by atoms with Crippen LogP contribution in [0.4, 0.5) is 4.39 Å². The lowest BCUT2D eigenvalue weighted by Gasteiger charge is -2.15. The molecule has 1 heterocycles. The highest BCUT2D eigenvalue weighted by molar-refractivity contribution is 5.78. The lowest BCUT2D eigenvalue weighted by atomic mass is 10.1. The molecule has 3 rings (SSSR count). The van der Waals surface area contributed by atoms with Gasteiger partial charge in [-0.05, 0) is 37.6 Å². The minimum absolute atomic E-state index is 0.283. The zero-order valence-electron chi connectivity index (χ0n) is 13.9. The number of nitrogens with zero attached hydrogens (tertiary/aromatic N) is 3. The average Bonchev–Trinajstić information content (AvgIpc) is 2.57. The molecule has 0 aliphatic carbocycles. The van der Waals surface area contributed by atoms with Gasteiger partial charge in [-0.1, -0.05) is 29.5 Å². The molecule has 7 heteroatoms. The highest BCUT2D eigenvalue weighted by Crippen LogP contribution is 2.17. The third kappa shape index (κ3) is 3.55. The fourth-order valence-corrected chi connectivity index (χ4v) is 2.61. The number of nitrogens with one attached hydrogen (secondary N) is 1.